The Balaban J connectivity index is 0.00000289. The summed E-state index contributed by atoms with van der Waals surface area (Å²) in [5, 5.41) is 0. The standard InChI is InChI=1S/C12H16F3NO.ClH/c1-3-8(2)17-10-7-5-4-6-9(10)11(16)12(13,14)15;/h4-8,11H,3,16H2,1-2H3;1H/t8?,11-;/m1./s1. The zero-order valence-electron chi connectivity index (χ0n) is 10.2. The van der Waals surface area contributed by atoms with Crippen molar-refractivity contribution in [3.8, 4) is 5.75 Å². The lowest BCUT2D eigenvalue weighted by atomic mass is 10.1. The van der Waals surface area contributed by atoms with Crippen LogP contribution in [0.4, 0.5) is 13.2 Å². The van der Waals surface area contributed by atoms with Crippen LogP contribution in [0.25, 0.3) is 0 Å². The molecule has 2 atom stereocenters. The molecule has 1 aromatic rings. The largest absolute Gasteiger partial charge is 0.490 e. The normalized spacial score (nSPS) is 14.6. The van der Waals surface area contributed by atoms with E-state index in [9.17, 15) is 13.2 Å². The fourth-order valence-corrected chi connectivity index (χ4v) is 1.32. The molecule has 0 saturated carbocycles. The summed E-state index contributed by atoms with van der Waals surface area (Å²) in [4.78, 5) is 0. The summed E-state index contributed by atoms with van der Waals surface area (Å²) in [5.41, 5.74) is 5.16. The van der Waals surface area contributed by atoms with Gasteiger partial charge >= 0.3 is 6.18 Å². The topological polar surface area (TPSA) is 35.2 Å². The molecule has 0 saturated heterocycles. The lowest BCUT2D eigenvalue weighted by Gasteiger charge is -2.21. The van der Waals surface area contributed by atoms with E-state index in [4.69, 9.17) is 10.5 Å². The highest BCUT2D eigenvalue weighted by atomic mass is 35.5. The second-order valence-corrected chi connectivity index (χ2v) is 3.89. The molecule has 1 unspecified atom stereocenters. The number of rotatable bonds is 4. The Bertz CT molecular complexity index is 371. The highest BCUT2D eigenvalue weighted by molar-refractivity contribution is 5.85. The molecular weight excluding hydrogens is 267 g/mol. The SMILES string of the molecule is CCC(C)Oc1ccccc1[C@@H](N)C(F)(F)F.Cl. The van der Waals surface area contributed by atoms with Crippen molar-refractivity contribution >= 4 is 12.4 Å². The van der Waals surface area contributed by atoms with E-state index >= 15 is 0 Å². The predicted octanol–water partition coefficient (Wildman–Crippen LogP) is 3.85. The summed E-state index contributed by atoms with van der Waals surface area (Å²) < 4.78 is 43.1. The van der Waals surface area contributed by atoms with E-state index in [0.29, 0.717) is 0 Å². The van der Waals surface area contributed by atoms with Crippen molar-refractivity contribution in [1.29, 1.82) is 0 Å². The molecule has 0 heterocycles. The summed E-state index contributed by atoms with van der Waals surface area (Å²) in [5.74, 6) is 0.201. The minimum atomic E-state index is -4.46. The molecule has 6 heteroatoms. The molecule has 0 bridgehead atoms. The van der Waals surface area contributed by atoms with Gasteiger partial charge in [-0.1, -0.05) is 25.1 Å². The van der Waals surface area contributed by atoms with E-state index < -0.39 is 12.2 Å². The first-order valence-corrected chi connectivity index (χ1v) is 5.44. The molecule has 0 amide bonds. The van der Waals surface area contributed by atoms with Crippen LogP contribution in [0.3, 0.4) is 0 Å². The molecular formula is C12H17ClF3NO. The van der Waals surface area contributed by atoms with Gasteiger partial charge in [-0.25, -0.2) is 0 Å². The molecule has 1 aromatic carbocycles. The first kappa shape index (κ1) is 17.1. The van der Waals surface area contributed by atoms with Gasteiger partial charge in [-0.05, 0) is 19.4 Å². The van der Waals surface area contributed by atoms with Crippen LogP contribution in [0.1, 0.15) is 31.9 Å². The number of hydrogen-bond acceptors (Lipinski definition) is 2. The lowest BCUT2D eigenvalue weighted by molar-refractivity contribution is -0.149. The molecule has 2 N–H and O–H groups in total. The summed E-state index contributed by atoms with van der Waals surface area (Å²) in [7, 11) is 0. The van der Waals surface area contributed by atoms with Gasteiger partial charge in [0.15, 0.2) is 0 Å². The number of halogens is 4. The molecule has 0 radical (unpaired) electrons. The zero-order valence-corrected chi connectivity index (χ0v) is 11.0. The van der Waals surface area contributed by atoms with Gasteiger partial charge in [0.05, 0.1) is 6.10 Å². The highest BCUT2D eigenvalue weighted by Crippen LogP contribution is 2.35. The van der Waals surface area contributed by atoms with Gasteiger partial charge in [0.1, 0.15) is 11.8 Å². The monoisotopic (exact) mass is 283 g/mol. The number of ether oxygens (including phenoxy) is 1. The first-order chi connectivity index (χ1) is 7.86. The average Bonchev–Trinajstić information content (AvgIpc) is 2.27. The fourth-order valence-electron chi connectivity index (χ4n) is 1.32. The third kappa shape index (κ3) is 4.38. The molecule has 0 fully saturated rings. The Hall–Kier alpha value is -0.940. The summed E-state index contributed by atoms with van der Waals surface area (Å²) >= 11 is 0. The molecule has 1 rings (SSSR count). The van der Waals surface area contributed by atoms with Crippen molar-refractivity contribution < 1.29 is 17.9 Å². The van der Waals surface area contributed by atoms with Crippen molar-refractivity contribution in [2.45, 2.75) is 38.6 Å². The van der Waals surface area contributed by atoms with Crippen molar-refractivity contribution in [2.75, 3.05) is 0 Å². The van der Waals surface area contributed by atoms with E-state index in [1.54, 1.807) is 13.0 Å². The highest BCUT2D eigenvalue weighted by Gasteiger charge is 2.39. The van der Waals surface area contributed by atoms with Crippen molar-refractivity contribution in [3.05, 3.63) is 29.8 Å². The van der Waals surface area contributed by atoms with E-state index in [1.807, 2.05) is 6.92 Å². The minimum absolute atomic E-state index is 0. The number of alkyl halides is 3. The van der Waals surface area contributed by atoms with Crippen molar-refractivity contribution in [1.82, 2.24) is 0 Å². The second kappa shape index (κ2) is 6.85. The Labute approximate surface area is 111 Å². The molecule has 0 aliphatic carbocycles. The van der Waals surface area contributed by atoms with Gasteiger partial charge in [-0.15, -0.1) is 12.4 Å². The van der Waals surface area contributed by atoms with Crippen molar-refractivity contribution in [2.24, 2.45) is 5.73 Å². The van der Waals surface area contributed by atoms with Gasteiger partial charge in [-0.3, -0.25) is 0 Å². The quantitative estimate of drug-likeness (QED) is 0.911. The molecule has 0 aliphatic heterocycles. The van der Waals surface area contributed by atoms with Crippen LogP contribution in [-0.4, -0.2) is 12.3 Å². The maximum Gasteiger partial charge on any atom is 0.407 e. The van der Waals surface area contributed by atoms with Gasteiger partial charge in [0.2, 0.25) is 0 Å². The van der Waals surface area contributed by atoms with Crippen molar-refractivity contribution in [3.63, 3.8) is 0 Å². The molecule has 18 heavy (non-hydrogen) atoms. The number of benzene rings is 1. The van der Waals surface area contributed by atoms with Crippen LogP contribution in [0.2, 0.25) is 0 Å². The molecule has 0 aliphatic rings. The third-order valence-corrected chi connectivity index (χ3v) is 2.51. The Kier molecular flexibility index (Phi) is 6.49. The predicted molar refractivity (Wildman–Crippen MR) is 67.1 cm³/mol. The third-order valence-electron chi connectivity index (χ3n) is 2.51. The number of para-hydroxylation sites is 1. The lowest BCUT2D eigenvalue weighted by Crippen LogP contribution is -2.29. The van der Waals surface area contributed by atoms with E-state index in [2.05, 4.69) is 0 Å². The van der Waals surface area contributed by atoms with Gasteiger partial charge in [0.25, 0.3) is 0 Å². The Morgan fingerprint density at radius 2 is 1.83 bits per heavy atom. The van der Waals surface area contributed by atoms with Gasteiger partial charge < -0.3 is 10.5 Å². The van der Waals surface area contributed by atoms with Crippen LogP contribution in [-0.2, 0) is 0 Å². The van der Waals surface area contributed by atoms with Crippen LogP contribution in [0, 0.1) is 0 Å². The van der Waals surface area contributed by atoms with Crippen LogP contribution in [0.15, 0.2) is 24.3 Å². The molecule has 104 valence electrons. The summed E-state index contributed by atoms with van der Waals surface area (Å²) in [6.07, 6.45) is -3.89. The maximum absolute atomic E-state index is 12.6. The van der Waals surface area contributed by atoms with Gasteiger partial charge in [-0.2, -0.15) is 13.2 Å². The van der Waals surface area contributed by atoms with Gasteiger partial charge in [0, 0.05) is 5.56 Å². The summed E-state index contributed by atoms with van der Waals surface area (Å²) in [6.45, 7) is 3.70. The smallest absolute Gasteiger partial charge is 0.407 e. The minimum Gasteiger partial charge on any atom is -0.490 e. The van der Waals surface area contributed by atoms with Crippen LogP contribution >= 0.6 is 12.4 Å². The molecule has 2 nitrogen and oxygen atoms in total. The average molecular weight is 284 g/mol. The zero-order chi connectivity index (χ0) is 13.1. The molecule has 0 aromatic heterocycles. The Morgan fingerprint density at radius 1 is 1.28 bits per heavy atom. The maximum atomic E-state index is 12.6. The van der Waals surface area contributed by atoms with Crippen LogP contribution in [0.5, 0.6) is 5.75 Å². The molecule has 0 spiro atoms. The number of hydrogen-bond donors (Lipinski definition) is 1. The van der Waals surface area contributed by atoms with E-state index in [0.717, 1.165) is 6.42 Å². The van der Waals surface area contributed by atoms with E-state index in [-0.39, 0.29) is 29.8 Å². The van der Waals surface area contributed by atoms with E-state index in [1.165, 1.54) is 18.2 Å². The number of nitrogens with two attached hydrogens (primary N) is 1. The summed E-state index contributed by atoms with van der Waals surface area (Å²) in [6, 6.07) is 3.99. The Morgan fingerprint density at radius 3 is 2.33 bits per heavy atom. The van der Waals surface area contributed by atoms with Crippen LogP contribution < -0.4 is 10.5 Å². The second-order valence-electron chi connectivity index (χ2n) is 3.89. The fraction of sp³-hybridized carbons (Fsp3) is 0.500. The first-order valence-electron chi connectivity index (χ1n) is 5.44.